The molecule has 1 aliphatic carbocycles. The van der Waals surface area contributed by atoms with Crippen molar-refractivity contribution in [3.63, 3.8) is 0 Å². The molecular formula is C29H37ClN4O3. The second-order valence-corrected chi connectivity index (χ2v) is 11.1. The van der Waals surface area contributed by atoms with E-state index in [-0.39, 0.29) is 17.7 Å². The van der Waals surface area contributed by atoms with Crippen molar-refractivity contribution in [1.29, 1.82) is 0 Å². The van der Waals surface area contributed by atoms with Crippen LogP contribution in [0.2, 0.25) is 5.02 Å². The molecule has 2 atom stereocenters. The summed E-state index contributed by atoms with van der Waals surface area (Å²) in [4.78, 5) is 17.4. The van der Waals surface area contributed by atoms with Crippen molar-refractivity contribution in [2.75, 3.05) is 13.1 Å². The molecule has 7 nitrogen and oxygen atoms in total. The number of aliphatic hydroxyl groups is 1. The van der Waals surface area contributed by atoms with Gasteiger partial charge in [0.05, 0.1) is 24.3 Å². The van der Waals surface area contributed by atoms with Gasteiger partial charge in [-0.15, -0.1) is 0 Å². The quantitative estimate of drug-likeness (QED) is 0.537. The first kappa shape index (κ1) is 27.0. The number of aromatic nitrogens is 2. The highest BCUT2D eigenvalue weighted by Crippen LogP contribution is 2.38. The van der Waals surface area contributed by atoms with Gasteiger partial charge in [0.25, 0.3) is 0 Å². The van der Waals surface area contributed by atoms with Gasteiger partial charge in [-0.3, -0.25) is 0 Å². The summed E-state index contributed by atoms with van der Waals surface area (Å²) in [6, 6.07) is 6.09. The summed E-state index contributed by atoms with van der Waals surface area (Å²) in [7, 11) is 1.88. The lowest BCUT2D eigenvalue weighted by atomic mass is 9.94. The zero-order chi connectivity index (χ0) is 26.6. The lowest BCUT2D eigenvalue weighted by Crippen LogP contribution is -2.39. The van der Waals surface area contributed by atoms with Gasteiger partial charge in [-0.1, -0.05) is 29.8 Å². The first-order valence-corrected chi connectivity index (χ1v) is 13.3. The van der Waals surface area contributed by atoms with Crippen LogP contribution in [0.3, 0.4) is 0 Å². The first-order chi connectivity index (χ1) is 17.6. The fourth-order valence-corrected chi connectivity index (χ4v) is 4.93. The van der Waals surface area contributed by atoms with E-state index in [9.17, 15) is 9.90 Å². The molecule has 2 aromatic rings. The third-order valence-electron chi connectivity index (χ3n) is 6.65. The fourth-order valence-electron chi connectivity index (χ4n) is 4.76. The third-order valence-corrected chi connectivity index (χ3v) is 6.89. The number of aryl methyl sites for hydroxylation is 1. The van der Waals surface area contributed by atoms with Crippen LogP contribution in [0.4, 0.5) is 4.79 Å². The number of piperidine rings is 1. The predicted octanol–water partition coefficient (Wildman–Crippen LogP) is 5.57. The number of allylic oxidation sites excluding steroid dienone is 2. The largest absolute Gasteiger partial charge is 0.444 e. The molecule has 1 aromatic heterocycles. The van der Waals surface area contributed by atoms with E-state index in [0.29, 0.717) is 5.02 Å². The number of dihydropyridines is 1. The molecule has 1 aromatic carbocycles. The lowest BCUT2D eigenvalue weighted by Gasteiger charge is -2.29. The highest BCUT2D eigenvalue weighted by Gasteiger charge is 2.27. The van der Waals surface area contributed by atoms with Gasteiger partial charge >= 0.3 is 6.09 Å². The first-order valence-electron chi connectivity index (χ1n) is 12.9. The number of amides is 1. The molecule has 0 radical (unpaired) electrons. The topological polar surface area (TPSA) is 79.6 Å². The highest BCUT2D eigenvalue weighted by atomic mass is 35.5. The summed E-state index contributed by atoms with van der Waals surface area (Å²) in [6.07, 6.45) is 14.9. The molecule has 8 heteroatoms. The SMILES string of the molecule is CC(C)(C)OC(=O)N1CCCCC1.Cn1cncc1C(O)C1=CC2=CC=CNC2Cc2ccc(Cl)cc21. The minimum atomic E-state index is -0.764. The van der Waals surface area contributed by atoms with Gasteiger partial charge in [0.1, 0.15) is 11.7 Å². The molecule has 5 rings (SSSR count). The number of likely N-dealkylation sites (tertiary alicyclic amines) is 1. The molecule has 1 amide bonds. The zero-order valence-corrected chi connectivity index (χ0v) is 22.8. The van der Waals surface area contributed by atoms with Crippen LogP contribution in [0.25, 0.3) is 5.57 Å². The number of fused-ring (bicyclic) bond motifs is 2. The van der Waals surface area contributed by atoms with E-state index in [0.717, 1.165) is 54.8 Å². The monoisotopic (exact) mass is 524 g/mol. The maximum Gasteiger partial charge on any atom is 0.410 e. The molecule has 37 heavy (non-hydrogen) atoms. The number of aliphatic hydroxyl groups excluding tert-OH is 1. The predicted molar refractivity (Wildman–Crippen MR) is 147 cm³/mol. The van der Waals surface area contributed by atoms with Crippen molar-refractivity contribution in [2.24, 2.45) is 7.05 Å². The van der Waals surface area contributed by atoms with Gasteiger partial charge < -0.3 is 24.6 Å². The number of rotatable bonds is 2. The Morgan fingerprint density at radius 1 is 1.24 bits per heavy atom. The summed E-state index contributed by atoms with van der Waals surface area (Å²) in [5, 5.41) is 15.1. The zero-order valence-electron chi connectivity index (χ0n) is 22.1. The van der Waals surface area contributed by atoms with Crippen LogP contribution in [0.1, 0.15) is 63.0 Å². The van der Waals surface area contributed by atoms with Gasteiger partial charge in [-0.25, -0.2) is 9.78 Å². The Labute approximate surface area is 224 Å². The summed E-state index contributed by atoms with van der Waals surface area (Å²) in [5.74, 6) is 0. The minimum Gasteiger partial charge on any atom is -0.444 e. The molecule has 2 aliphatic heterocycles. The van der Waals surface area contributed by atoms with E-state index in [4.69, 9.17) is 16.3 Å². The van der Waals surface area contributed by atoms with E-state index in [1.807, 2.05) is 62.9 Å². The Kier molecular flexibility index (Phi) is 8.45. The third kappa shape index (κ3) is 6.84. The lowest BCUT2D eigenvalue weighted by molar-refractivity contribution is 0.0216. The number of carbonyl (C=O) groups is 1. The Hall–Kier alpha value is -3.03. The van der Waals surface area contributed by atoms with E-state index in [1.165, 1.54) is 12.0 Å². The summed E-state index contributed by atoms with van der Waals surface area (Å²) >= 11 is 6.24. The smallest absolute Gasteiger partial charge is 0.410 e. The number of hydrogen-bond donors (Lipinski definition) is 2. The van der Waals surface area contributed by atoms with E-state index < -0.39 is 6.10 Å². The minimum absolute atomic E-state index is 0.160. The number of imidazole rings is 1. The number of halogens is 1. The van der Waals surface area contributed by atoms with Crippen LogP contribution in [-0.2, 0) is 18.2 Å². The van der Waals surface area contributed by atoms with E-state index >= 15 is 0 Å². The van der Waals surface area contributed by atoms with Crippen molar-refractivity contribution < 1.29 is 14.6 Å². The summed E-state index contributed by atoms with van der Waals surface area (Å²) in [5.41, 5.74) is 4.55. The van der Waals surface area contributed by atoms with Crippen LogP contribution >= 0.6 is 11.6 Å². The molecule has 198 valence electrons. The summed E-state index contributed by atoms with van der Waals surface area (Å²) in [6.45, 7) is 7.41. The van der Waals surface area contributed by atoms with Crippen molar-refractivity contribution in [3.8, 4) is 0 Å². The molecule has 1 fully saturated rings. The van der Waals surface area contributed by atoms with Crippen molar-refractivity contribution in [2.45, 2.75) is 64.2 Å². The second kappa shape index (κ2) is 11.6. The Morgan fingerprint density at radius 2 is 2.00 bits per heavy atom. The van der Waals surface area contributed by atoms with Crippen LogP contribution in [0.5, 0.6) is 0 Å². The maximum atomic E-state index is 11.5. The number of nitrogens with one attached hydrogen (secondary N) is 1. The molecule has 0 spiro atoms. The average molecular weight is 525 g/mol. The molecule has 2 N–H and O–H groups in total. The molecule has 2 unspecified atom stereocenters. The second-order valence-electron chi connectivity index (χ2n) is 10.7. The molecule has 0 bridgehead atoms. The van der Waals surface area contributed by atoms with Gasteiger partial charge in [0.2, 0.25) is 0 Å². The molecular weight excluding hydrogens is 488 g/mol. The van der Waals surface area contributed by atoms with Crippen LogP contribution in [0.15, 0.2) is 60.7 Å². The average Bonchev–Trinajstić information content (AvgIpc) is 3.22. The Morgan fingerprint density at radius 3 is 2.68 bits per heavy atom. The normalized spacial score (nSPS) is 19.6. The Balaban J connectivity index is 0.000000209. The summed E-state index contributed by atoms with van der Waals surface area (Å²) < 4.78 is 7.10. The number of carbonyl (C=O) groups excluding carboxylic acids is 1. The molecule has 3 aliphatic rings. The van der Waals surface area contributed by atoms with Crippen LogP contribution in [0, 0.1) is 0 Å². The Bertz CT molecular complexity index is 1200. The number of ether oxygens (including phenoxy) is 1. The van der Waals surface area contributed by atoms with E-state index in [2.05, 4.69) is 22.5 Å². The number of hydrogen-bond acceptors (Lipinski definition) is 5. The van der Waals surface area contributed by atoms with Crippen molar-refractivity contribution in [1.82, 2.24) is 19.8 Å². The van der Waals surface area contributed by atoms with Gasteiger partial charge in [-0.05, 0) is 93.1 Å². The van der Waals surface area contributed by atoms with Crippen LogP contribution in [-0.4, -0.2) is 50.4 Å². The van der Waals surface area contributed by atoms with Gasteiger partial charge in [-0.2, -0.15) is 0 Å². The number of benzene rings is 1. The molecule has 3 heterocycles. The molecule has 1 saturated heterocycles. The number of nitrogens with zero attached hydrogens (tertiary/aromatic N) is 3. The molecule has 0 saturated carbocycles. The highest BCUT2D eigenvalue weighted by molar-refractivity contribution is 6.30. The van der Waals surface area contributed by atoms with Crippen molar-refractivity contribution >= 4 is 23.3 Å². The van der Waals surface area contributed by atoms with Crippen LogP contribution < -0.4 is 5.32 Å². The maximum absolute atomic E-state index is 11.5. The van der Waals surface area contributed by atoms with Gasteiger partial charge in [0, 0.05) is 25.2 Å². The van der Waals surface area contributed by atoms with Gasteiger partial charge in [0.15, 0.2) is 0 Å². The standard InChI is InChI=1S/C19H18ClN3O.C10H19NO2/c1-23-11-21-10-18(23)19(24)16-7-13-3-2-6-22-17(13)8-12-4-5-14(20)9-15(12)16;1-10(2,3)13-9(12)11-7-5-4-6-8-11/h2-7,9-11,17,19,22,24H,8H2,1H3;4-8H2,1-3H3. The fraction of sp³-hybridized carbons (Fsp3) is 0.448. The van der Waals surface area contributed by atoms with Crippen molar-refractivity contribution in [3.05, 3.63) is 82.6 Å². The van der Waals surface area contributed by atoms with E-state index in [1.54, 1.807) is 17.4 Å².